The van der Waals surface area contributed by atoms with Crippen LogP contribution in [0.15, 0.2) is 69.9 Å². The molecule has 0 aliphatic carbocycles. The Morgan fingerprint density at radius 3 is 2.57 bits per heavy atom. The molecule has 0 saturated heterocycles. The molecule has 4 aromatic rings. The minimum absolute atomic E-state index is 0.182. The summed E-state index contributed by atoms with van der Waals surface area (Å²) >= 11 is 12.1. The molecule has 1 heterocycles. The highest BCUT2D eigenvalue weighted by Gasteiger charge is 2.12. The molecule has 0 bridgehead atoms. The Hall–Kier alpha value is -3.02. The van der Waals surface area contributed by atoms with Crippen LogP contribution in [0.3, 0.4) is 0 Å². The van der Waals surface area contributed by atoms with Crippen molar-refractivity contribution >= 4 is 56.7 Å². The number of carbonyl (C=O) groups is 1. The highest BCUT2D eigenvalue weighted by atomic mass is 35.5. The number of fused-ring (bicyclic) bond motifs is 2. The van der Waals surface area contributed by atoms with Gasteiger partial charge in [-0.15, -0.1) is 0 Å². The normalized spacial score (nSPS) is 10.9. The van der Waals surface area contributed by atoms with Crippen LogP contribution in [0.4, 0.5) is 5.69 Å². The lowest BCUT2D eigenvalue weighted by molar-refractivity contribution is -0.118. The van der Waals surface area contributed by atoms with E-state index >= 15 is 0 Å². The quantitative estimate of drug-likeness (QED) is 0.462. The highest BCUT2D eigenvalue weighted by molar-refractivity contribution is 6.35. The SMILES string of the molecule is O=C(COc1ccccc1Cl)Nc1ccc2c(=O)c3cccc(Cl)c3oc2c1. The van der Waals surface area contributed by atoms with Crippen molar-refractivity contribution in [2.24, 2.45) is 0 Å². The van der Waals surface area contributed by atoms with Crippen LogP contribution in [0.25, 0.3) is 21.9 Å². The zero-order valence-corrected chi connectivity index (χ0v) is 15.9. The van der Waals surface area contributed by atoms with Gasteiger partial charge < -0.3 is 14.5 Å². The number of nitrogens with one attached hydrogen (secondary N) is 1. The molecule has 1 aromatic heterocycles. The van der Waals surface area contributed by atoms with E-state index < -0.39 is 0 Å². The van der Waals surface area contributed by atoms with E-state index in [-0.39, 0.29) is 17.9 Å². The van der Waals surface area contributed by atoms with E-state index in [4.69, 9.17) is 32.4 Å². The molecule has 5 nitrogen and oxygen atoms in total. The molecular formula is C21H13Cl2NO4. The number of amides is 1. The number of hydrogen-bond acceptors (Lipinski definition) is 4. The molecule has 0 spiro atoms. The van der Waals surface area contributed by atoms with Gasteiger partial charge in [0.1, 0.15) is 11.3 Å². The van der Waals surface area contributed by atoms with Crippen LogP contribution in [0, 0.1) is 0 Å². The first kappa shape index (κ1) is 18.3. The van der Waals surface area contributed by atoms with Crippen LogP contribution in [-0.2, 0) is 4.79 Å². The topological polar surface area (TPSA) is 68.5 Å². The van der Waals surface area contributed by atoms with Crippen molar-refractivity contribution in [1.82, 2.24) is 0 Å². The van der Waals surface area contributed by atoms with E-state index in [0.717, 1.165) is 0 Å². The first-order valence-corrected chi connectivity index (χ1v) is 9.11. The van der Waals surface area contributed by atoms with Crippen molar-refractivity contribution in [2.45, 2.75) is 0 Å². The van der Waals surface area contributed by atoms with Crippen molar-refractivity contribution in [3.8, 4) is 5.75 Å². The van der Waals surface area contributed by atoms with E-state index in [9.17, 15) is 9.59 Å². The summed E-state index contributed by atoms with van der Waals surface area (Å²) in [7, 11) is 0. The fourth-order valence-electron chi connectivity index (χ4n) is 2.82. The van der Waals surface area contributed by atoms with E-state index in [0.29, 0.717) is 43.4 Å². The second-order valence-electron chi connectivity index (χ2n) is 6.03. The molecule has 0 aliphatic heterocycles. The van der Waals surface area contributed by atoms with E-state index in [1.54, 1.807) is 60.7 Å². The number of halogens is 2. The third-order valence-corrected chi connectivity index (χ3v) is 4.74. The van der Waals surface area contributed by atoms with Crippen LogP contribution < -0.4 is 15.5 Å². The molecule has 4 rings (SSSR count). The maximum atomic E-state index is 12.6. The van der Waals surface area contributed by atoms with Gasteiger partial charge in [-0.25, -0.2) is 0 Å². The molecule has 0 fully saturated rings. The van der Waals surface area contributed by atoms with Gasteiger partial charge in [-0.1, -0.05) is 41.4 Å². The number of anilines is 1. The summed E-state index contributed by atoms with van der Waals surface area (Å²) in [5, 5.41) is 4.28. The molecule has 0 atom stereocenters. The van der Waals surface area contributed by atoms with Gasteiger partial charge in [0.05, 0.1) is 20.8 Å². The maximum Gasteiger partial charge on any atom is 0.262 e. The van der Waals surface area contributed by atoms with Crippen molar-refractivity contribution in [1.29, 1.82) is 0 Å². The average Bonchev–Trinajstić information content (AvgIpc) is 2.68. The molecule has 3 aromatic carbocycles. The molecule has 0 aliphatic rings. The summed E-state index contributed by atoms with van der Waals surface area (Å²) in [6.07, 6.45) is 0. The Balaban J connectivity index is 1.58. The Morgan fingerprint density at radius 1 is 0.964 bits per heavy atom. The first-order chi connectivity index (χ1) is 13.5. The van der Waals surface area contributed by atoms with Gasteiger partial charge in [-0.3, -0.25) is 9.59 Å². The van der Waals surface area contributed by atoms with Gasteiger partial charge in [0.15, 0.2) is 12.2 Å². The van der Waals surface area contributed by atoms with E-state index in [1.165, 1.54) is 0 Å². The number of benzene rings is 3. The van der Waals surface area contributed by atoms with Crippen LogP contribution in [0.2, 0.25) is 10.0 Å². The molecule has 0 saturated carbocycles. The summed E-state index contributed by atoms with van der Waals surface area (Å²) < 4.78 is 11.2. The van der Waals surface area contributed by atoms with E-state index in [1.807, 2.05) is 0 Å². The fourth-order valence-corrected chi connectivity index (χ4v) is 3.22. The molecule has 140 valence electrons. The maximum absolute atomic E-state index is 12.6. The third-order valence-electron chi connectivity index (χ3n) is 4.13. The molecule has 28 heavy (non-hydrogen) atoms. The van der Waals surface area contributed by atoms with Crippen LogP contribution in [-0.4, -0.2) is 12.5 Å². The second-order valence-corrected chi connectivity index (χ2v) is 6.84. The molecule has 0 unspecified atom stereocenters. The predicted octanol–water partition coefficient (Wildman–Crippen LogP) is 5.27. The Labute approximate surface area is 169 Å². The van der Waals surface area contributed by atoms with Crippen molar-refractivity contribution < 1.29 is 13.9 Å². The fraction of sp³-hybridized carbons (Fsp3) is 0.0476. The van der Waals surface area contributed by atoms with Gasteiger partial charge in [-0.2, -0.15) is 0 Å². The largest absolute Gasteiger partial charge is 0.482 e. The predicted molar refractivity (Wildman–Crippen MR) is 111 cm³/mol. The third kappa shape index (κ3) is 3.54. The van der Waals surface area contributed by atoms with Crippen molar-refractivity contribution in [3.05, 3.63) is 80.9 Å². The lowest BCUT2D eigenvalue weighted by Gasteiger charge is -2.09. The molecule has 7 heteroatoms. The summed E-state index contributed by atoms with van der Waals surface area (Å²) in [4.78, 5) is 24.8. The van der Waals surface area contributed by atoms with Gasteiger partial charge >= 0.3 is 0 Å². The number of para-hydroxylation sites is 2. The van der Waals surface area contributed by atoms with Crippen LogP contribution in [0.1, 0.15) is 0 Å². The minimum Gasteiger partial charge on any atom is -0.482 e. The van der Waals surface area contributed by atoms with E-state index in [2.05, 4.69) is 5.32 Å². The Morgan fingerprint density at radius 2 is 1.75 bits per heavy atom. The molecular weight excluding hydrogens is 401 g/mol. The number of hydrogen-bond donors (Lipinski definition) is 1. The van der Waals surface area contributed by atoms with Gasteiger partial charge in [0.25, 0.3) is 5.91 Å². The lowest BCUT2D eigenvalue weighted by Crippen LogP contribution is -2.20. The van der Waals surface area contributed by atoms with Crippen LogP contribution in [0.5, 0.6) is 5.75 Å². The van der Waals surface area contributed by atoms with Crippen LogP contribution >= 0.6 is 23.2 Å². The number of ether oxygens (including phenoxy) is 1. The number of rotatable bonds is 4. The molecule has 0 radical (unpaired) electrons. The minimum atomic E-state index is -0.375. The first-order valence-electron chi connectivity index (χ1n) is 8.35. The average molecular weight is 414 g/mol. The Kier molecular flexibility index (Phi) is 4.94. The zero-order valence-electron chi connectivity index (χ0n) is 14.4. The number of carbonyl (C=O) groups excluding carboxylic acids is 1. The standard InChI is InChI=1S/C21H13Cl2NO4/c22-15-5-1-2-7-17(15)27-11-19(25)24-12-8-9-13-18(10-12)28-21-14(20(13)26)4-3-6-16(21)23/h1-10H,11H2,(H,24,25). The Bertz CT molecular complexity index is 1270. The summed E-state index contributed by atoms with van der Waals surface area (Å²) in [6.45, 7) is -0.213. The van der Waals surface area contributed by atoms with Crippen molar-refractivity contribution in [3.63, 3.8) is 0 Å². The second kappa shape index (κ2) is 7.54. The molecule has 1 amide bonds. The smallest absolute Gasteiger partial charge is 0.262 e. The monoisotopic (exact) mass is 413 g/mol. The summed E-state index contributed by atoms with van der Waals surface area (Å²) in [5.74, 6) is 0.0466. The highest BCUT2D eigenvalue weighted by Crippen LogP contribution is 2.27. The van der Waals surface area contributed by atoms with Gasteiger partial charge in [0.2, 0.25) is 5.43 Å². The molecule has 1 N–H and O–H groups in total. The van der Waals surface area contributed by atoms with Gasteiger partial charge in [0, 0.05) is 11.8 Å². The summed E-state index contributed by atoms with van der Waals surface area (Å²) in [5.41, 5.74) is 0.927. The van der Waals surface area contributed by atoms with Crippen molar-refractivity contribution in [2.75, 3.05) is 11.9 Å². The van der Waals surface area contributed by atoms with Gasteiger partial charge in [-0.05, 0) is 36.4 Å². The summed E-state index contributed by atoms with van der Waals surface area (Å²) in [6, 6.07) is 16.7. The zero-order chi connectivity index (χ0) is 19.7. The lowest BCUT2D eigenvalue weighted by atomic mass is 10.1.